The first kappa shape index (κ1) is 18.5. The highest BCUT2D eigenvalue weighted by Crippen LogP contribution is 2.44. The number of alkyl halides is 3. The van der Waals surface area contributed by atoms with Crippen LogP contribution in [0.3, 0.4) is 0 Å². The fraction of sp³-hybridized carbons (Fsp3) is 0.556. The average molecular weight is 342 g/mol. The third kappa shape index (κ3) is 3.79. The monoisotopic (exact) mass is 342 g/mol. The summed E-state index contributed by atoms with van der Waals surface area (Å²) in [5, 5.41) is 0. The molecule has 3 nitrogen and oxygen atoms in total. The normalized spacial score (nSPS) is 16.8. The van der Waals surface area contributed by atoms with E-state index in [9.17, 15) is 22.8 Å². The van der Waals surface area contributed by atoms with Crippen molar-refractivity contribution in [2.45, 2.75) is 57.0 Å². The molecule has 1 fully saturated rings. The second-order valence-corrected chi connectivity index (χ2v) is 6.24. The fourth-order valence-corrected chi connectivity index (χ4v) is 3.20. The highest BCUT2D eigenvalue weighted by atomic mass is 19.4. The van der Waals surface area contributed by atoms with E-state index < -0.39 is 23.1 Å². The van der Waals surface area contributed by atoms with Gasteiger partial charge in [0.1, 0.15) is 6.29 Å². The maximum atomic E-state index is 13.1. The number of aldehydes is 1. The summed E-state index contributed by atoms with van der Waals surface area (Å²) in [5.41, 5.74) is -1.83. The van der Waals surface area contributed by atoms with E-state index in [2.05, 4.69) is 0 Å². The summed E-state index contributed by atoms with van der Waals surface area (Å²) in [4.78, 5) is 23.7. The number of hydrogen-bond acceptors (Lipinski definition) is 3. The van der Waals surface area contributed by atoms with Crippen molar-refractivity contribution in [3.8, 4) is 0 Å². The van der Waals surface area contributed by atoms with Gasteiger partial charge < -0.3 is 4.74 Å². The lowest BCUT2D eigenvalue weighted by Gasteiger charge is -2.28. The van der Waals surface area contributed by atoms with Gasteiger partial charge in [-0.15, -0.1) is 0 Å². The van der Waals surface area contributed by atoms with Crippen LogP contribution in [0.2, 0.25) is 0 Å². The zero-order valence-electron chi connectivity index (χ0n) is 13.6. The number of esters is 1. The Kier molecular flexibility index (Phi) is 5.67. The van der Waals surface area contributed by atoms with Gasteiger partial charge in [-0.25, -0.2) is 0 Å². The van der Waals surface area contributed by atoms with E-state index in [1.165, 1.54) is 6.07 Å². The first-order valence-electron chi connectivity index (χ1n) is 8.18. The number of benzene rings is 1. The third-order valence-electron chi connectivity index (χ3n) is 4.55. The molecule has 0 heterocycles. The highest BCUT2D eigenvalue weighted by Gasteiger charge is 2.45. The molecule has 0 aromatic heterocycles. The molecule has 1 aliphatic carbocycles. The minimum atomic E-state index is -4.57. The molecule has 24 heavy (non-hydrogen) atoms. The molecule has 0 aliphatic heterocycles. The van der Waals surface area contributed by atoms with E-state index in [-0.39, 0.29) is 17.7 Å². The lowest BCUT2D eigenvalue weighted by Crippen LogP contribution is -2.35. The van der Waals surface area contributed by atoms with Crippen LogP contribution in [-0.2, 0) is 21.1 Å². The molecule has 6 heteroatoms. The van der Waals surface area contributed by atoms with Gasteiger partial charge in [0.2, 0.25) is 0 Å². The zero-order valence-corrected chi connectivity index (χ0v) is 13.6. The average Bonchev–Trinajstić information content (AvgIpc) is 3.04. The largest absolute Gasteiger partial charge is 0.465 e. The molecule has 0 N–H and O–H groups in total. The Morgan fingerprint density at radius 1 is 1.25 bits per heavy atom. The lowest BCUT2D eigenvalue weighted by molar-refractivity contribution is -0.151. The molecule has 0 atom stereocenters. The Hall–Kier alpha value is -1.85. The minimum Gasteiger partial charge on any atom is -0.465 e. The van der Waals surface area contributed by atoms with Crippen molar-refractivity contribution in [1.29, 1.82) is 0 Å². The van der Waals surface area contributed by atoms with E-state index in [0.717, 1.165) is 31.4 Å². The number of unbranched alkanes of at least 4 members (excludes halogenated alkanes) is 1. The molecule has 1 aromatic rings. The predicted molar refractivity (Wildman–Crippen MR) is 82.8 cm³/mol. The van der Waals surface area contributed by atoms with Gasteiger partial charge in [-0.1, -0.05) is 26.2 Å². The maximum Gasteiger partial charge on any atom is 0.416 e. The first-order chi connectivity index (χ1) is 11.3. The van der Waals surface area contributed by atoms with Crippen molar-refractivity contribution >= 4 is 12.3 Å². The number of carbonyl (C=O) groups is 2. The quantitative estimate of drug-likeness (QED) is 0.428. The molecule has 1 aromatic carbocycles. The van der Waals surface area contributed by atoms with E-state index in [4.69, 9.17) is 4.74 Å². The molecular weight excluding hydrogens is 321 g/mol. The van der Waals surface area contributed by atoms with Crippen LogP contribution in [0.1, 0.15) is 66.9 Å². The summed E-state index contributed by atoms with van der Waals surface area (Å²) in [7, 11) is 0. The van der Waals surface area contributed by atoms with Crippen LogP contribution >= 0.6 is 0 Å². The van der Waals surface area contributed by atoms with Crippen molar-refractivity contribution in [2.24, 2.45) is 0 Å². The molecule has 0 radical (unpaired) electrons. The Bertz CT molecular complexity index is 602. The molecule has 0 unspecified atom stereocenters. The lowest BCUT2D eigenvalue weighted by atomic mass is 9.77. The molecule has 0 spiro atoms. The number of hydrogen-bond donors (Lipinski definition) is 0. The van der Waals surface area contributed by atoms with E-state index in [1.807, 2.05) is 6.92 Å². The highest BCUT2D eigenvalue weighted by molar-refractivity contribution is 5.85. The standard InChI is InChI=1S/C18H21F3O3/c1-2-3-8-24-16(23)17(6-4-5-7-17)14-9-13(12-22)10-15(11-14)18(19,20)21/h9-12H,2-8H2,1H3. The summed E-state index contributed by atoms with van der Waals surface area (Å²) in [5.74, 6) is -0.482. The van der Waals surface area contributed by atoms with Crippen LogP contribution in [0.25, 0.3) is 0 Å². The van der Waals surface area contributed by atoms with Gasteiger partial charge in [-0.2, -0.15) is 13.2 Å². The van der Waals surface area contributed by atoms with Gasteiger partial charge >= 0.3 is 12.1 Å². The van der Waals surface area contributed by atoms with E-state index >= 15 is 0 Å². The molecule has 1 saturated carbocycles. The topological polar surface area (TPSA) is 43.4 Å². The minimum absolute atomic E-state index is 0.0764. The van der Waals surface area contributed by atoms with Crippen molar-refractivity contribution in [3.05, 3.63) is 34.9 Å². The maximum absolute atomic E-state index is 13.1. The summed E-state index contributed by atoms with van der Waals surface area (Å²) in [6.07, 6.45) is -0.243. The Balaban J connectivity index is 2.44. The van der Waals surface area contributed by atoms with Gasteiger partial charge in [0, 0.05) is 5.56 Å². The Labute approximate surface area is 139 Å². The Morgan fingerprint density at radius 3 is 2.46 bits per heavy atom. The van der Waals surface area contributed by atoms with Crippen molar-refractivity contribution in [2.75, 3.05) is 6.61 Å². The third-order valence-corrected chi connectivity index (χ3v) is 4.55. The molecular formula is C18H21F3O3. The molecule has 0 amide bonds. The molecule has 0 bridgehead atoms. The second kappa shape index (κ2) is 7.36. The molecule has 1 aliphatic rings. The van der Waals surface area contributed by atoms with Crippen LogP contribution in [0.5, 0.6) is 0 Å². The van der Waals surface area contributed by atoms with Crippen LogP contribution in [0.15, 0.2) is 18.2 Å². The molecule has 2 rings (SSSR count). The Morgan fingerprint density at radius 2 is 1.92 bits per heavy atom. The van der Waals surface area contributed by atoms with Crippen LogP contribution < -0.4 is 0 Å². The van der Waals surface area contributed by atoms with Gasteiger partial charge in [-0.3, -0.25) is 9.59 Å². The fourth-order valence-electron chi connectivity index (χ4n) is 3.20. The smallest absolute Gasteiger partial charge is 0.416 e. The summed E-state index contributed by atoms with van der Waals surface area (Å²) in [6, 6.07) is 3.18. The van der Waals surface area contributed by atoms with Crippen LogP contribution in [0, 0.1) is 0 Å². The van der Waals surface area contributed by atoms with Crippen molar-refractivity contribution < 1.29 is 27.5 Å². The van der Waals surface area contributed by atoms with Gasteiger partial charge in [-0.05, 0) is 43.0 Å². The second-order valence-electron chi connectivity index (χ2n) is 6.24. The number of carbonyl (C=O) groups excluding carboxylic acids is 2. The SMILES string of the molecule is CCCCOC(=O)C1(c2cc(C=O)cc(C(F)(F)F)c2)CCCC1. The first-order valence-corrected chi connectivity index (χ1v) is 8.18. The number of rotatable bonds is 6. The van der Waals surface area contributed by atoms with Gasteiger partial charge in [0.25, 0.3) is 0 Å². The number of ether oxygens (including phenoxy) is 1. The van der Waals surface area contributed by atoms with Gasteiger partial charge in [0.15, 0.2) is 0 Å². The van der Waals surface area contributed by atoms with Crippen molar-refractivity contribution in [1.82, 2.24) is 0 Å². The summed E-state index contributed by atoms with van der Waals surface area (Å²) >= 11 is 0. The van der Waals surface area contributed by atoms with E-state index in [0.29, 0.717) is 25.5 Å². The van der Waals surface area contributed by atoms with Gasteiger partial charge in [0.05, 0.1) is 17.6 Å². The molecule has 132 valence electrons. The number of halogens is 3. The van der Waals surface area contributed by atoms with Crippen LogP contribution in [-0.4, -0.2) is 18.9 Å². The van der Waals surface area contributed by atoms with E-state index in [1.54, 1.807) is 0 Å². The zero-order chi connectivity index (χ0) is 17.8. The predicted octanol–water partition coefficient (Wildman–Crippen LogP) is 4.67. The van der Waals surface area contributed by atoms with Crippen LogP contribution in [0.4, 0.5) is 13.2 Å². The van der Waals surface area contributed by atoms with Crippen molar-refractivity contribution in [3.63, 3.8) is 0 Å². The summed E-state index contributed by atoms with van der Waals surface area (Å²) in [6.45, 7) is 2.22. The molecule has 0 saturated heterocycles. The summed E-state index contributed by atoms with van der Waals surface area (Å²) < 4.78 is 44.7.